The van der Waals surface area contributed by atoms with E-state index in [1.165, 1.54) is 0 Å². The molecule has 0 aromatic heterocycles. The Bertz CT molecular complexity index is 182. The Morgan fingerprint density at radius 2 is 1.33 bits per heavy atom. The van der Waals surface area contributed by atoms with Gasteiger partial charge in [0.25, 0.3) is 0 Å². The molecule has 0 fully saturated rings. The van der Waals surface area contributed by atoms with Gasteiger partial charge in [0.15, 0.2) is 0 Å². The van der Waals surface area contributed by atoms with Gasteiger partial charge in [0.1, 0.15) is 0 Å². The van der Waals surface area contributed by atoms with Gasteiger partial charge in [-0.05, 0) is 0 Å². The van der Waals surface area contributed by atoms with Crippen LogP contribution in [-0.4, -0.2) is 33.3 Å². The van der Waals surface area contributed by atoms with Crippen LogP contribution < -0.4 is 0 Å². The van der Waals surface area contributed by atoms with Crippen LogP contribution in [0.15, 0.2) is 6.58 Å². The van der Waals surface area contributed by atoms with Crippen LogP contribution in [-0.2, 0) is 0 Å². The summed E-state index contributed by atoms with van der Waals surface area (Å²) in [5, 5.41) is 0. The van der Waals surface area contributed by atoms with Gasteiger partial charge in [0, 0.05) is 0 Å². The van der Waals surface area contributed by atoms with Gasteiger partial charge in [-0.3, -0.25) is 0 Å². The summed E-state index contributed by atoms with van der Waals surface area (Å²) in [7, 11) is -0.358. The molecule has 68 valence electrons. The quantitative estimate of drug-likeness (QED) is 0.627. The Kier molecular flexibility index (Phi) is 3.76. The second-order valence-electron chi connectivity index (χ2n) is 5.04. The van der Waals surface area contributed by atoms with E-state index in [4.69, 9.17) is 0 Å². The molecule has 0 heterocycles. The normalized spacial score (nSPS) is 11.8. The van der Waals surface area contributed by atoms with E-state index in [1.807, 2.05) is 0 Å². The molecule has 0 atom stereocenters. The molecule has 0 aliphatic rings. The van der Waals surface area contributed by atoms with E-state index in [9.17, 15) is 0 Å². The summed E-state index contributed by atoms with van der Waals surface area (Å²) in [4.78, 5) is 0. The van der Waals surface area contributed by atoms with Crippen LogP contribution >= 0.6 is 0 Å². The van der Waals surface area contributed by atoms with E-state index in [-0.39, 0.29) is 0 Å². The van der Waals surface area contributed by atoms with Crippen LogP contribution in [0.1, 0.15) is 0 Å². The number of hydrogen-bond donors (Lipinski definition) is 0. The van der Waals surface area contributed by atoms with Crippen LogP contribution in [0.25, 0.3) is 0 Å². The van der Waals surface area contributed by atoms with Crippen molar-refractivity contribution in [2.45, 2.75) is 39.3 Å². The Labute approximate surface area is 79.6 Å². The number of hydrogen-bond acceptors (Lipinski definition) is 1. The molecule has 0 spiro atoms. The molecule has 0 aliphatic heterocycles. The van der Waals surface area contributed by atoms with Gasteiger partial charge in [-0.1, -0.05) is 0 Å². The van der Waals surface area contributed by atoms with Crippen molar-refractivity contribution in [1.82, 2.24) is 4.14 Å². The molecular weight excluding hydrogens is 177 g/mol. The van der Waals surface area contributed by atoms with Crippen molar-refractivity contribution in [3.63, 3.8) is 0 Å². The van der Waals surface area contributed by atoms with E-state index >= 15 is 0 Å². The average Bonchev–Trinajstić information content (AvgIpc) is 1.77. The minimum atomic E-state index is -1.21. The van der Waals surface area contributed by atoms with Gasteiger partial charge in [-0.25, -0.2) is 0 Å². The third-order valence-corrected chi connectivity index (χ3v) is 8.84. The summed E-state index contributed by atoms with van der Waals surface area (Å²) in [6, 6.07) is 0. The standard InChI is InChI=1S/C8H20BNSi2/c1-8-9-10(11(2,3)4)12(5,6)7/h1H2,2-7H3. The molecule has 0 radical (unpaired) electrons. The van der Waals surface area contributed by atoms with Gasteiger partial charge in [0.2, 0.25) is 0 Å². The predicted molar refractivity (Wildman–Crippen MR) is 64.9 cm³/mol. The molecule has 12 heavy (non-hydrogen) atoms. The Balaban J connectivity index is 4.81. The van der Waals surface area contributed by atoms with Crippen molar-refractivity contribution >= 4 is 29.1 Å². The third kappa shape index (κ3) is 3.57. The second kappa shape index (κ2) is 3.77. The van der Waals surface area contributed by atoms with Crippen LogP contribution in [0.4, 0.5) is 0 Å². The minimum absolute atomic E-state index is 1.21. The zero-order valence-corrected chi connectivity index (χ0v) is 11.2. The van der Waals surface area contributed by atoms with Gasteiger partial charge in [0.05, 0.1) is 0 Å². The molecule has 0 aromatic carbocycles. The first kappa shape index (κ1) is 11.9. The summed E-state index contributed by atoms with van der Waals surface area (Å²) in [6.45, 7) is 17.8. The zero-order chi connectivity index (χ0) is 9.99. The molecule has 4 heteroatoms. The Morgan fingerprint density at radius 3 is 1.42 bits per heavy atom. The number of nitrogens with zero attached hydrogens (tertiary/aromatic N) is 1. The summed E-state index contributed by atoms with van der Waals surface area (Å²) in [6.07, 6.45) is 0. The summed E-state index contributed by atoms with van der Waals surface area (Å²) >= 11 is 0. The zero-order valence-electron chi connectivity index (χ0n) is 9.23. The fourth-order valence-electron chi connectivity index (χ4n) is 1.48. The maximum absolute atomic E-state index is 3.65. The summed E-state index contributed by atoms with van der Waals surface area (Å²) in [5.41, 5.74) is 2.90. The van der Waals surface area contributed by atoms with E-state index in [0.29, 0.717) is 0 Å². The van der Waals surface area contributed by atoms with Crippen molar-refractivity contribution < 1.29 is 0 Å². The first-order chi connectivity index (χ1) is 5.19. The van der Waals surface area contributed by atoms with Crippen LogP contribution in [0.5, 0.6) is 0 Å². The molecule has 0 aliphatic carbocycles. The van der Waals surface area contributed by atoms with Crippen molar-refractivity contribution in [2.75, 3.05) is 0 Å². The van der Waals surface area contributed by atoms with Crippen LogP contribution in [0.2, 0.25) is 39.3 Å². The van der Waals surface area contributed by atoms with Crippen LogP contribution in [0.3, 0.4) is 0 Å². The molecular formula is C8H20BNSi2. The Morgan fingerprint density at radius 1 is 1.00 bits per heavy atom. The van der Waals surface area contributed by atoms with Crippen LogP contribution in [0, 0.1) is 0 Å². The predicted octanol–water partition coefficient (Wildman–Crippen LogP) is 2.16. The molecule has 0 saturated heterocycles. The summed E-state index contributed by atoms with van der Waals surface area (Å²) in [5.74, 6) is 0. The summed E-state index contributed by atoms with van der Waals surface area (Å²) < 4.78 is 2.53. The third-order valence-electron chi connectivity index (χ3n) is 1.67. The van der Waals surface area contributed by atoms with E-state index < -0.39 is 16.5 Å². The molecule has 0 aromatic rings. The monoisotopic (exact) mass is 197 g/mol. The van der Waals surface area contributed by atoms with Crippen molar-refractivity contribution in [1.29, 1.82) is 0 Å². The average molecular weight is 197 g/mol. The molecule has 0 rings (SSSR count). The molecule has 1 nitrogen and oxygen atoms in total. The van der Waals surface area contributed by atoms with Gasteiger partial charge >= 0.3 is 79.2 Å². The second-order valence-corrected chi connectivity index (χ2v) is 15.1. The van der Waals surface area contributed by atoms with Gasteiger partial charge in [-0.2, -0.15) is 0 Å². The van der Waals surface area contributed by atoms with E-state index in [0.717, 1.165) is 0 Å². The first-order valence-corrected chi connectivity index (χ1v) is 11.2. The van der Waals surface area contributed by atoms with Gasteiger partial charge in [-0.15, -0.1) is 0 Å². The van der Waals surface area contributed by atoms with Crippen molar-refractivity contribution in [2.24, 2.45) is 0 Å². The van der Waals surface area contributed by atoms with E-state index in [1.54, 1.807) is 0 Å². The molecule has 0 unspecified atom stereocenters. The molecule has 0 saturated carbocycles. The first-order valence-electron chi connectivity index (χ1n) is 4.35. The molecule has 0 bridgehead atoms. The van der Waals surface area contributed by atoms with Crippen molar-refractivity contribution in [3.8, 4) is 0 Å². The SMILES string of the molecule is C=C=BN([Si](C)(C)C)[Si](C)(C)C. The Hall–Kier alpha value is -0.0513. The van der Waals surface area contributed by atoms with Crippen molar-refractivity contribution in [3.05, 3.63) is 6.58 Å². The molecule has 0 N–H and O–H groups in total. The number of rotatable bonds is 3. The fraction of sp³-hybridized carbons (Fsp3) is 0.750. The molecule has 0 amide bonds. The van der Waals surface area contributed by atoms with Gasteiger partial charge < -0.3 is 0 Å². The fourth-order valence-corrected chi connectivity index (χ4v) is 10.5. The van der Waals surface area contributed by atoms with E-state index in [2.05, 4.69) is 62.7 Å². The topological polar surface area (TPSA) is 3.24 Å². The maximum atomic E-state index is 3.65.